The molecule has 0 spiro atoms. The van der Waals surface area contributed by atoms with E-state index in [9.17, 15) is 14.0 Å². The minimum Gasteiger partial charge on any atom is -0.323 e. The zero-order valence-electron chi connectivity index (χ0n) is 11.9. The fraction of sp³-hybridized carbons (Fsp3) is 0.0667. The molecule has 0 bridgehead atoms. The van der Waals surface area contributed by atoms with Crippen LogP contribution in [0.4, 0.5) is 10.1 Å². The predicted molar refractivity (Wildman–Crippen MR) is 88.1 cm³/mol. The summed E-state index contributed by atoms with van der Waals surface area (Å²) in [5, 5.41) is 9.26. The minimum atomic E-state index is -0.529. The SMILES string of the molecule is O=C(CCl)Nc1cc(Cl)cnc1C(=O)c1ccc(F)c2[nH]ncc12. The van der Waals surface area contributed by atoms with Gasteiger partial charge in [0.1, 0.15) is 22.9 Å². The number of ketones is 1. The minimum absolute atomic E-state index is 0.0352. The van der Waals surface area contributed by atoms with Crippen molar-refractivity contribution < 1.29 is 14.0 Å². The number of amides is 1. The van der Waals surface area contributed by atoms with E-state index in [0.29, 0.717) is 5.39 Å². The second-order valence-corrected chi connectivity index (χ2v) is 5.52. The topological polar surface area (TPSA) is 87.7 Å². The number of rotatable bonds is 4. The van der Waals surface area contributed by atoms with Gasteiger partial charge in [-0.15, -0.1) is 11.6 Å². The zero-order chi connectivity index (χ0) is 17.3. The number of anilines is 1. The number of aromatic nitrogens is 3. The first-order valence-electron chi connectivity index (χ1n) is 6.69. The Balaban J connectivity index is 2.11. The number of carbonyl (C=O) groups excluding carboxylic acids is 2. The first kappa shape index (κ1) is 16.4. The maximum absolute atomic E-state index is 13.7. The van der Waals surface area contributed by atoms with Crippen molar-refractivity contribution in [1.29, 1.82) is 0 Å². The summed E-state index contributed by atoms with van der Waals surface area (Å²) < 4.78 is 13.7. The maximum Gasteiger partial charge on any atom is 0.239 e. The van der Waals surface area contributed by atoms with Gasteiger partial charge in [0, 0.05) is 17.1 Å². The molecule has 2 N–H and O–H groups in total. The van der Waals surface area contributed by atoms with Crippen molar-refractivity contribution in [2.75, 3.05) is 11.2 Å². The van der Waals surface area contributed by atoms with Gasteiger partial charge in [-0.25, -0.2) is 9.37 Å². The van der Waals surface area contributed by atoms with Crippen molar-refractivity contribution >= 4 is 51.5 Å². The molecule has 1 amide bonds. The van der Waals surface area contributed by atoms with Crippen molar-refractivity contribution in [2.24, 2.45) is 0 Å². The molecule has 0 atom stereocenters. The van der Waals surface area contributed by atoms with E-state index in [1.807, 2.05) is 0 Å². The molecule has 0 aliphatic rings. The van der Waals surface area contributed by atoms with Crippen molar-refractivity contribution in [3.8, 4) is 0 Å². The van der Waals surface area contributed by atoms with E-state index in [1.54, 1.807) is 0 Å². The molecule has 0 saturated heterocycles. The van der Waals surface area contributed by atoms with E-state index < -0.39 is 17.5 Å². The summed E-state index contributed by atoms with van der Waals surface area (Å²) in [6.07, 6.45) is 2.62. The third-order valence-electron chi connectivity index (χ3n) is 3.27. The first-order chi connectivity index (χ1) is 11.5. The van der Waals surface area contributed by atoms with Gasteiger partial charge in [-0.1, -0.05) is 11.6 Å². The largest absolute Gasteiger partial charge is 0.323 e. The number of benzene rings is 1. The third-order valence-corrected chi connectivity index (χ3v) is 3.72. The number of hydrogen-bond acceptors (Lipinski definition) is 4. The van der Waals surface area contributed by atoms with Gasteiger partial charge in [0.05, 0.1) is 16.9 Å². The van der Waals surface area contributed by atoms with Gasteiger partial charge in [-0.3, -0.25) is 14.7 Å². The van der Waals surface area contributed by atoms with Crippen molar-refractivity contribution in [2.45, 2.75) is 0 Å². The summed E-state index contributed by atoms with van der Waals surface area (Å²) in [4.78, 5) is 28.3. The smallest absolute Gasteiger partial charge is 0.239 e. The summed E-state index contributed by atoms with van der Waals surface area (Å²) in [6, 6.07) is 3.88. The number of aromatic amines is 1. The summed E-state index contributed by atoms with van der Waals surface area (Å²) in [6.45, 7) is 0. The molecule has 0 aliphatic carbocycles. The van der Waals surface area contributed by atoms with Gasteiger partial charge in [-0.05, 0) is 18.2 Å². The number of fused-ring (bicyclic) bond motifs is 1. The summed E-state index contributed by atoms with van der Waals surface area (Å²) in [7, 11) is 0. The first-order valence-corrected chi connectivity index (χ1v) is 7.60. The van der Waals surface area contributed by atoms with E-state index >= 15 is 0 Å². The lowest BCUT2D eigenvalue weighted by Crippen LogP contribution is -2.17. The van der Waals surface area contributed by atoms with Crippen LogP contribution in [0.25, 0.3) is 10.9 Å². The number of carbonyl (C=O) groups is 2. The van der Waals surface area contributed by atoms with Crippen molar-refractivity contribution in [3.05, 3.63) is 52.7 Å². The Hall–Kier alpha value is -2.51. The zero-order valence-corrected chi connectivity index (χ0v) is 13.5. The molecule has 2 aromatic heterocycles. The number of nitrogens with zero attached hydrogens (tertiary/aromatic N) is 2. The number of nitrogens with one attached hydrogen (secondary N) is 2. The van der Waals surface area contributed by atoms with Gasteiger partial charge in [0.25, 0.3) is 0 Å². The van der Waals surface area contributed by atoms with Gasteiger partial charge < -0.3 is 5.32 Å². The Kier molecular flexibility index (Phi) is 4.46. The van der Waals surface area contributed by atoms with Gasteiger partial charge >= 0.3 is 0 Å². The lowest BCUT2D eigenvalue weighted by Gasteiger charge is -2.10. The highest BCUT2D eigenvalue weighted by Gasteiger charge is 2.21. The average molecular weight is 367 g/mol. The second-order valence-electron chi connectivity index (χ2n) is 4.81. The van der Waals surface area contributed by atoms with Crippen molar-refractivity contribution in [3.63, 3.8) is 0 Å². The molecule has 0 fully saturated rings. The lowest BCUT2D eigenvalue weighted by molar-refractivity contribution is -0.113. The highest BCUT2D eigenvalue weighted by atomic mass is 35.5. The Morgan fingerprint density at radius 1 is 1.29 bits per heavy atom. The molecule has 3 aromatic rings. The Morgan fingerprint density at radius 3 is 2.83 bits per heavy atom. The molecule has 24 heavy (non-hydrogen) atoms. The molecule has 0 unspecified atom stereocenters. The number of pyridine rings is 1. The molecule has 3 rings (SSSR count). The van der Waals surface area contributed by atoms with E-state index in [4.69, 9.17) is 23.2 Å². The van der Waals surface area contributed by atoms with Crippen LogP contribution in [0.5, 0.6) is 0 Å². The molecule has 122 valence electrons. The Morgan fingerprint density at radius 2 is 2.08 bits per heavy atom. The molecule has 1 aromatic carbocycles. The number of H-pyrrole nitrogens is 1. The van der Waals surface area contributed by atoms with Gasteiger partial charge in [0.15, 0.2) is 0 Å². The van der Waals surface area contributed by atoms with Crippen LogP contribution in [-0.2, 0) is 4.79 Å². The van der Waals surface area contributed by atoms with E-state index in [2.05, 4.69) is 20.5 Å². The highest BCUT2D eigenvalue weighted by Crippen LogP contribution is 2.26. The number of hydrogen-bond donors (Lipinski definition) is 2. The maximum atomic E-state index is 13.7. The van der Waals surface area contributed by atoms with Crippen LogP contribution < -0.4 is 5.32 Å². The van der Waals surface area contributed by atoms with Crippen LogP contribution in [0.3, 0.4) is 0 Å². The van der Waals surface area contributed by atoms with Crippen LogP contribution in [0.15, 0.2) is 30.6 Å². The van der Waals surface area contributed by atoms with E-state index in [1.165, 1.54) is 24.5 Å². The van der Waals surface area contributed by atoms with E-state index in [-0.39, 0.29) is 33.4 Å². The summed E-state index contributed by atoms with van der Waals surface area (Å²) >= 11 is 11.3. The predicted octanol–water partition coefficient (Wildman–Crippen LogP) is 3.16. The summed E-state index contributed by atoms with van der Waals surface area (Å²) in [5.41, 5.74) is 0.392. The molecule has 0 radical (unpaired) electrons. The molecular weight excluding hydrogens is 358 g/mol. The van der Waals surface area contributed by atoms with Crippen LogP contribution in [0.2, 0.25) is 5.02 Å². The normalized spacial score (nSPS) is 10.8. The van der Waals surface area contributed by atoms with E-state index in [0.717, 1.165) is 6.07 Å². The average Bonchev–Trinajstić information content (AvgIpc) is 3.05. The summed E-state index contributed by atoms with van der Waals surface area (Å²) in [5.74, 6) is -1.84. The fourth-order valence-corrected chi connectivity index (χ4v) is 2.45. The van der Waals surface area contributed by atoms with Gasteiger partial charge in [0.2, 0.25) is 11.7 Å². The molecule has 0 aliphatic heterocycles. The Labute approximate surface area is 145 Å². The molecule has 9 heteroatoms. The number of alkyl halides is 1. The Bertz CT molecular complexity index is 958. The van der Waals surface area contributed by atoms with Crippen LogP contribution in [-0.4, -0.2) is 32.8 Å². The van der Waals surface area contributed by atoms with Crippen molar-refractivity contribution in [1.82, 2.24) is 15.2 Å². The molecule has 0 saturated carbocycles. The molecular formula is C15H9Cl2FN4O2. The quantitative estimate of drug-likeness (QED) is 0.548. The highest BCUT2D eigenvalue weighted by molar-refractivity contribution is 6.32. The van der Waals surface area contributed by atoms with Crippen LogP contribution >= 0.6 is 23.2 Å². The monoisotopic (exact) mass is 366 g/mol. The number of halogens is 3. The van der Waals surface area contributed by atoms with Crippen LogP contribution in [0.1, 0.15) is 16.1 Å². The second kappa shape index (κ2) is 6.54. The lowest BCUT2D eigenvalue weighted by atomic mass is 10.0. The van der Waals surface area contributed by atoms with Crippen LogP contribution in [0, 0.1) is 5.82 Å². The fourth-order valence-electron chi connectivity index (χ4n) is 2.23. The van der Waals surface area contributed by atoms with Gasteiger partial charge in [-0.2, -0.15) is 5.10 Å². The molecule has 2 heterocycles. The standard InChI is InChI=1S/C15H9Cl2FN4O2/c16-4-12(23)21-11-3-7(17)5-19-14(11)15(24)8-1-2-10(18)13-9(8)6-20-22-13/h1-3,5-6H,4H2,(H,20,22)(H,21,23). The molecule has 6 nitrogen and oxygen atoms in total. The third kappa shape index (κ3) is 2.95.